The normalized spacial score (nSPS) is 17.0. The molecule has 0 aliphatic carbocycles. The summed E-state index contributed by atoms with van der Waals surface area (Å²) in [6.07, 6.45) is 3.87. The smallest absolute Gasteiger partial charge is 0.270 e. The molecular formula is C19H22N4O2. The molecule has 6 heteroatoms. The molecule has 4 rings (SSSR count). The highest BCUT2D eigenvalue weighted by Crippen LogP contribution is 2.27. The van der Waals surface area contributed by atoms with Crippen LogP contribution in [0.2, 0.25) is 0 Å². The van der Waals surface area contributed by atoms with Crippen LogP contribution in [0.4, 0.5) is 5.69 Å². The van der Waals surface area contributed by atoms with Gasteiger partial charge in [-0.25, -0.2) is 0 Å². The number of fused-ring (bicyclic) bond motifs is 1. The van der Waals surface area contributed by atoms with Crippen molar-refractivity contribution >= 4 is 17.5 Å². The molecule has 25 heavy (non-hydrogen) atoms. The number of nitrogens with one attached hydrogen (secondary N) is 2. The molecule has 2 aliphatic rings. The third-order valence-corrected chi connectivity index (χ3v) is 4.99. The number of piperazine rings is 1. The van der Waals surface area contributed by atoms with E-state index in [0.29, 0.717) is 31.9 Å². The first-order valence-electron chi connectivity index (χ1n) is 8.82. The van der Waals surface area contributed by atoms with Crippen molar-refractivity contribution in [3.8, 4) is 0 Å². The quantitative estimate of drug-likeness (QED) is 0.880. The maximum Gasteiger partial charge on any atom is 0.270 e. The van der Waals surface area contributed by atoms with E-state index in [4.69, 9.17) is 0 Å². The van der Waals surface area contributed by atoms with Crippen LogP contribution in [0.3, 0.4) is 0 Å². The maximum atomic E-state index is 13.0. The highest BCUT2D eigenvalue weighted by Gasteiger charge is 2.27. The number of hydrogen-bond donors (Lipinski definition) is 2. The topological polar surface area (TPSA) is 68.4 Å². The van der Waals surface area contributed by atoms with Gasteiger partial charge in [-0.3, -0.25) is 9.59 Å². The number of carbonyl (C=O) groups is 2. The number of H-pyrrole nitrogens is 1. The Hall–Kier alpha value is -2.76. The fourth-order valence-electron chi connectivity index (χ4n) is 3.60. The van der Waals surface area contributed by atoms with Gasteiger partial charge < -0.3 is 20.1 Å². The number of carbonyl (C=O) groups excluding carboxylic acids is 2. The molecular weight excluding hydrogens is 316 g/mol. The standard InChI is InChI=1S/C19H22N4O2/c24-18(15-6-1-4-14-5-2-9-21-17(14)15)22-10-12-23(13-11-22)19(25)16-7-3-8-20-16/h1,3-4,6-8,20-21H,2,5,9-13H2. The Balaban J connectivity index is 1.44. The molecule has 2 N–H and O–H groups in total. The van der Waals surface area contributed by atoms with E-state index in [1.54, 1.807) is 17.2 Å². The van der Waals surface area contributed by atoms with Crippen LogP contribution < -0.4 is 5.32 Å². The number of rotatable bonds is 2. The Bertz CT molecular complexity index is 777. The van der Waals surface area contributed by atoms with Crippen molar-refractivity contribution in [1.82, 2.24) is 14.8 Å². The largest absolute Gasteiger partial charge is 0.384 e. The lowest BCUT2D eigenvalue weighted by atomic mass is 9.98. The predicted octanol–water partition coefficient (Wildman–Crippen LogP) is 1.97. The molecule has 0 atom stereocenters. The fraction of sp³-hybridized carbons (Fsp3) is 0.368. The highest BCUT2D eigenvalue weighted by atomic mass is 16.2. The van der Waals surface area contributed by atoms with Crippen LogP contribution in [0.1, 0.15) is 32.8 Å². The van der Waals surface area contributed by atoms with E-state index in [0.717, 1.165) is 30.6 Å². The first-order chi connectivity index (χ1) is 12.2. The van der Waals surface area contributed by atoms with Crippen LogP contribution in [0.15, 0.2) is 36.5 Å². The van der Waals surface area contributed by atoms with Crippen LogP contribution in [-0.4, -0.2) is 59.3 Å². The summed E-state index contributed by atoms with van der Waals surface area (Å²) >= 11 is 0. The van der Waals surface area contributed by atoms with Gasteiger partial charge in [0.05, 0.1) is 11.3 Å². The summed E-state index contributed by atoms with van der Waals surface area (Å²) in [5.74, 6) is 0.0501. The van der Waals surface area contributed by atoms with Gasteiger partial charge in [-0.15, -0.1) is 0 Å². The second kappa shape index (κ2) is 6.63. The number of aromatic nitrogens is 1. The monoisotopic (exact) mass is 338 g/mol. The van der Waals surface area contributed by atoms with Crippen molar-refractivity contribution in [2.45, 2.75) is 12.8 Å². The van der Waals surface area contributed by atoms with Gasteiger partial charge in [-0.1, -0.05) is 12.1 Å². The number of amides is 2. The lowest BCUT2D eigenvalue weighted by Crippen LogP contribution is -2.50. The molecule has 0 saturated carbocycles. The molecule has 0 unspecified atom stereocenters. The molecule has 1 saturated heterocycles. The van der Waals surface area contributed by atoms with Crippen molar-refractivity contribution < 1.29 is 9.59 Å². The van der Waals surface area contributed by atoms with Crippen molar-refractivity contribution in [2.24, 2.45) is 0 Å². The molecule has 130 valence electrons. The van der Waals surface area contributed by atoms with E-state index in [1.807, 2.05) is 23.1 Å². The summed E-state index contributed by atoms with van der Waals surface area (Å²) in [6, 6.07) is 9.55. The summed E-state index contributed by atoms with van der Waals surface area (Å²) < 4.78 is 0. The lowest BCUT2D eigenvalue weighted by molar-refractivity contribution is 0.0533. The molecule has 2 amide bonds. The molecule has 0 spiro atoms. The van der Waals surface area contributed by atoms with E-state index in [-0.39, 0.29) is 11.8 Å². The van der Waals surface area contributed by atoms with Crippen LogP contribution in [0, 0.1) is 0 Å². The first kappa shape index (κ1) is 15.7. The van der Waals surface area contributed by atoms with Crippen molar-refractivity contribution in [3.63, 3.8) is 0 Å². The molecule has 0 radical (unpaired) electrons. The number of nitrogens with zero attached hydrogens (tertiary/aromatic N) is 2. The number of aromatic amines is 1. The van der Waals surface area contributed by atoms with Crippen LogP contribution >= 0.6 is 0 Å². The summed E-state index contributed by atoms with van der Waals surface area (Å²) in [5, 5.41) is 3.38. The Morgan fingerprint density at radius 2 is 1.68 bits per heavy atom. The van der Waals surface area contributed by atoms with Gasteiger partial charge in [0.25, 0.3) is 11.8 Å². The molecule has 1 aromatic heterocycles. The zero-order valence-corrected chi connectivity index (χ0v) is 14.1. The maximum absolute atomic E-state index is 13.0. The highest BCUT2D eigenvalue weighted by molar-refractivity contribution is 6.00. The zero-order valence-electron chi connectivity index (χ0n) is 14.1. The summed E-state index contributed by atoms with van der Waals surface area (Å²) in [7, 11) is 0. The number of aryl methyl sites for hydroxylation is 1. The Morgan fingerprint density at radius 3 is 2.40 bits per heavy atom. The van der Waals surface area contributed by atoms with Gasteiger partial charge in [0.2, 0.25) is 0 Å². The second-order valence-corrected chi connectivity index (χ2v) is 6.54. The molecule has 2 aliphatic heterocycles. The van der Waals surface area contributed by atoms with Gasteiger partial charge in [-0.2, -0.15) is 0 Å². The van der Waals surface area contributed by atoms with Gasteiger partial charge in [0, 0.05) is 38.9 Å². The average molecular weight is 338 g/mol. The van der Waals surface area contributed by atoms with E-state index >= 15 is 0 Å². The predicted molar refractivity (Wildman–Crippen MR) is 95.9 cm³/mol. The van der Waals surface area contributed by atoms with Crippen LogP contribution in [0.25, 0.3) is 0 Å². The molecule has 1 aromatic carbocycles. The number of para-hydroxylation sites is 1. The number of benzene rings is 1. The molecule has 2 aromatic rings. The summed E-state index contributed by atoms with van der Waals surface area (Å²) in [4.78, 5) is 31.9. The van der Waals surface area contributed by atoms with Gasteiger partial charge in [0.1, 0.15) is 5.69 Å². The molecule has 1 fully saturated rings. The SMILES string of the molecule is O=C(c1ccc[nH]1)N1CCN(C(=O)c2cccc3c2NCCC3)CC1. The van der Waals surface area contributed by atoms with Crippen molar-refractivity contribution in [2.75, 3.05) is 38.0 Å². The van der Waals surface area contributed by atoms with E-state index in [2.05, 4.69) is 16.4 Å². The molecule has 0 bridgehead atoms. The van der Waals surface area contributed by atoms with Crippen molar-refractivity contribution in [3.05, 3.63) is 53.3 Å². The fourth-order valence-corrected chi connectivity index (χ4v) is 3.60. The van der Waals surface area contributed by atoms with E-state index in [9.17, 15) is 9.59 Å². The van der Waals surface area contributed by atoms with E-state index < -0.39 is 0 Å². The Morgan fingerprint density at radius 1 is 0.920 bits per heavy atom. The summed E-state index contributed by atoms with van der Waals surface area (Å²) in [5.41, 5.74) is 3.56. The van der Waals surface area contributed by atoms with Gasteiger partial charge in [0.15, 0.2) is 0 Å². The molecule has 3 heterocycles. The number of hydrogen-bond acceptors (Lipinski definition) is 3. The number of anilines is 1. The van der Waals surface area contributed by atoms with Gasteiger partial charge >= 0.3 is 0 Å². The minimum absolute atomic E-state index is 0.00384. The van der Waals surface area contributed by atoms with E-state index in [1.165, 1.54) is 5.56 Å². The average Bonchev–Trinajstić information content (AvgIpc) is 3.21. The molecule has 6 nitrogen and oxygen atoms in total. The lowest BCUT2D eigenvalue weighted by Gasteiger charge is -2.35. The van der Waals surface area contributed by atoms with Crippen molar-refractivity contribution in [1.29, 1.82) is 0 Å². The van der Waals surface area contributed by atoms with Gasteiger partial charge in [-0.05, 0) is 36.6 Å². The Kier molecular flexibility index (Phi) is 4.17. The minimum Gasteiger partial charge on any atom is -0.384 e. The van der Waals surface area contributed by atoms with Crippen LogP contribution in [0.5, 0.6) is 0 Å². The second-order valence-electron chi connectivity index (χ2n) is 6.54. The zero-order chi connectivity index (χ0) is 17.2. The third kappa shape index (κ3) is 2.99. The third-order valence-electron chi connectivity index (χ3n) is 4.99. The Labute approximate surface area is 146 Å². The van der Waals surface area contributed by atoms with Crippen LogP contribution in [-0.2, 0) is 6.42 Å². The first-order valence-corrected chi connectivity index (χ1v) is 8.82. The summed E-state index contributed by atoms with van der Waals surface area (Å²) in [6.45, 7) is 3.16. The minimum atomic E-state index is -0.00384.